The van der Waals surface area contributed by atoms with Crippen LogP contribution in [0.1, 0.15) is 6.42 Å². The topological polar surface area (TPSA) is 46.2 Å². The normalized spacial score (nSPS) is 12.4. The molecule has 0 bridgehead atoms. The van der Waals surface area contributed by atoms with Gasteiger partial charge in [-0.1, -0.05) is 24.3 Å². The molecule has 2 nitrogen and oxygen atoms in total. The summed E-state index contributed by atoms with van der Waals surface area (Å²) in [6.45, 7) is 3.84. The van der Waals surface area contributed by atoms with E-state index in [1.165, 1.54) is 0 Å². The molecule has 0 spiro atoms. The Kier molecular flexibility index (Phi) is 5.88. The number of nitrogens with two attached hydrogens (primary N) is 1. The Morgan fingerprint density at radius 2 is 2.27 bits per heavy atom. The Morgan fingerprint density at radius 1 is 1.64 bits per heavy atom. The van der Waals surface area contributed by atoms with Crippen molar-refractivity contribution in [2.45, 2.75) is 6.42 Å². The van der Waals surface area contributed by atoms with Crippen molar-refractivity contribution in [1.82, 2.24) is 0 Å². The molecule has 0 aliphatic rings. The highest BCUT2D eigenvalue weighted by atomic mass is 79.9. The Bertz CT molecular complexity index is 181. The van der Waals surface area contributed by atoms with Crippen molar-refractivity contribution < 1.29 is 5.11 Å². The molecule has 11 heavy (non-hydrogen) atoms. The lowest BCUT2D eigenvalue weighted by Gasteiger charge is -1.92. The maximum Gasteiger partial charge on any atom is 0.0753 e. The molecule has 0 amide bonds. The fraction of sp³-hybridized carbons (Fsp3) is 0.250. The first-order chi connectivity index (χ1) is 5.16. The number of rotatable bonds is 4. The van der Waals surface area contributed by atoms with Crippen molar-refractivity contribution in [3.05, 3.63) is 35.0 Å². The van der Waals surface area contributed by atoms with Gasteiger partial charge in [0.25, 0.3) is 0 Å². The van der Waals surface area contributed by atoms with E-state index in [1.807, 2.05) is 6.08 Å². The smallest absolute Gasteiger partial charge is 0.0753 e. The fourth-order valence-corrected chi connectivity index (χ4v) is 0.656. The van der Waals surface area contributed by atoms with Gasteiger partial charge in [0.15, 0.2) is 0 Å². The van der Waals surface area contributed by atoms with Gasteiger partial charge in [-0.25, -0.2) is 0 Å². The zero-order valence-corrected chi connectivity index (χ0v) is 7.84. The maximum absolute atomic E-state index is 8.50. The number of allylic oxidation sites excluding steroid dienone is 3. The first-order valence-corrected chi connectivity index (χ1v) is 4.04. The lowest BCUT2D eigenvalue weighted by atomic mass is 10.2. The van der Waals surface area contributed by atoms with E-state index in [4.69, 9.17) is 10.8 Å². The molecule has 0 rings (SSSR count). The molecule has 0 saturated heterocycles. The number of halogens is 1. The molecule has 0 heterocycles. The van der Waals surface area contributed by atoms with Crippen molar-refractivity contribution >= 4 is 15.9 Å². The third kappa shape index (κ3) is 7.36. The van der Waals surface area contributed by atoms with E-state index in [2.05, 4.69) is 22.5 Å². The Balaban J connectivity index is 3.74. The van der Waals surface area contributed by atoms with Crippen LogP contribution >= 0.6 is 15.9 Å². The number of hydrogen-bond donors (Lipinski definition) is 2. The quantitative estimate of drug-likeness (QED) is 0.557. The Hall–Kier alpha value is -0.540. The van der Waals surface area contributed by atoms with Gasteiger partial charge in [0.1, 0.15) is 0 Å². The summed E-state index contributed by atoms with van der Waals surface area (Å²) in [5, 5.41) is 8.50. The molecular weight excluding hydrogens is 206 g/mol. The van der Waals surface area contributed by atoms with Crippen LogP contribution in [0.5, 0.6) is 0 Å². The monoisotopic (exact) mass is 217 g/mol. The number of hydrogen-bond acceptors (Lipinski definition) is 2. The molecule has 0 aromatic carbocycles. The zero-order chi connectivity index (χ0) is 8.69. The highest BCUT2D eigenvalue weighted by molar-refractivity contribution is 9.11. The minimum atomic E-state index is 0.136. The van der Waals surface area contributed by atoms with Crippen LogP contribution in [0, 0.1) is 0 Å². The largest absolute Gasteiger partial charge is 0.396 e. The Labute approximate surface area is 75.2 Å². The second kappa shape index (κ2) is 6.19. The predicted molar refractivity (Wildman–Crippen MR) is 51.2 cm³/mol. The molecule has 0 fully saturated rings. The van der Waals surface area contributed by atoms with Gasteiger partial charge in [0.2, 0.25) is 0 Å². The van der Waals surface area contributed by atoms with Gasteiger partial charge in [-0.05, 0) is 28.4 Å². The molecule has 0 saturated carbocycles. The molecule has 0 atom stereocenters. The molecule has 62 valence electrons. The van der Waals surface area contributed by atoms with Crippen LogP contribution in [0.15, 0.2) is 35.0 Å². The third-order valence-electron chi connectivity index (χ3n) is 1.02. The Morgan fingerprint density at radius 3 is 2.73 bits per heavy atom. The van der Waals surface area contributed by atoms with E-state index in [-0.39, 0.29) is 6.61 Å². The summed E-state index contributed by atoms with van der Waals surface area (Å²) in [6, 6.07) is 0. The molecule has 0 aliphatic carbocycles. The average Bonchev–Trinajstić information content (AvgIpc) is 1.87. The van der Waals surface area contributed by atoms with E-state index in [0.717, 1.165) is 5.57 Å². The van der Waals surface area contributed by atoms with Crippen molar-refractivity contribution in [2.75, 3.05) is 6.61 Å². The summed E-state index contributed by atoms with van der Waals surface area (Å²) in [4.78, 5) is 0. The first kappa shape index (κ1) is 10.5. The van der Waals surface area contributed by atoms with Gasteiger partial charge in [-0.15, -0.1) is 0 Å². The van der Waals surface area contributed by atoms with E-state index < -0.39 is 0 Å². The van der Waals surface area contributed by atoms with E-state index in [1.54, 1.807) is 12.2 Å². The average molecular weight is 218 g/mol. The van der Waals surface area contributed by atoms with Crippen LogP contribution in [-0.4, -0.2) is 11.7 Å². The molecule has 0 radical (unpaired) electrons. The van der Waals surface area contributed by atoms with Gasteiger partial charge >= 0.3 is 0 Å². The second-order valence-corrected chi connectivity index (χ2v) is 2.96. The highest BCUT2D eigenvalue weighted by Gasteiger charge is 1.84. The fourth-order valence-electron chi connectivity index (χ4n) is 0.503. The van der Waals surface area contributed by atoms with Gasteiger partial charge in [-0.3, -0.25) is 0 Å². The molecule has 0 aromatic heterocycles. The van der Waals surface area contributed by atoms with Crippen LogP contribution in [-0.2, 0) is 0 Å². The van der Waals surface area contributed by atoms with Crippen molar-refractivity contribution in [1.29, 1.82) is 0 Å². The van der Waals surface area contributed by atoms with Gasteiger partial charge in [-0.2, -0.15) is 0 Å². The summed E-state index contributed by atoms with van der Waals surface area (Å²) in [5.41, 5.74) is 6.19. The summed E-state index contributed by atoms with van der Waals surface area (Å²) < 4.78 is 0.575. The molecule has 0 aliphatic heterocycles. The van der Waals surface area contributed by atoms with E-state index in [0.29, 0.717) is 11.0 Å². The van der Waals surface area contributed by atoms with Crippen molar-refractivity contribution in [3.63, 3.8) is 0 Å². The van der Waals surface area contributed by atoms with Crippen molar-refractivity contribution in [2.24, 2.45) is 5.73 Å². The van der Waals surface area contributed by atoms with Crippen LogP contribution in [0.2, 0.25) is 0 Å². The lowest BCUT2D eigenvalue weighted by Crippen LogP contribution is -1.84. The summed E-state index contributed by atoms with van der Waals surface area (Å²) in [6.07, 6.45) is 5.90. The molecule has 3 heteroatoms. The molecular formula is C8H12BrNO. The maximum atomic E-state index is 8.50. The summed E-state index contributed by atoms with van der Waals surface area (Å²) in [7, 11) is 0. The summed E-state index contributed by atoms with van der Waals surface area (Å²) in [5.74, 6) is 0. The second-order valence-electron chi connectivity index (χ2n) is 2.04. The van der Waals surface area contributed by atoms with Crippen LogP contribution in [0.4, 0.5) is 0 Å². The third-order valence-corrected chi connectivity index (χ3v) is 1.28. The molecule has 0 aromatic rings. The first-order valence-electron chi connectivity index (χ1n) is 3.25. The van der Waals surface area contributed by atoms with Crippen LogP contribution in [0.25, 0.3) is 0 Å². The summed E-state index contributed by atoms with van der Waals surface area (Å²) >= 11 is 3.07. The predicted octanol–water partition coefficient (Wildman–Crippen LogP) is 1.68. The zero-order valence-electron chi connectivity index (χ0n) is 6.26. The van der Waals surface area contributed by atoms with Crippen molar-refractivity contribution in [3.8, 4) is 0 Å². The van der Waals surface area contributed by atoms with E-state index >= 15 is 0 Å². The molecule has 3 N–H and O–H groups in total. The highest BCUT2D eigenvalue weighted by Crippen LogP contribution is 2.00. The minimum absolute atomic E-state index is 0.136. The minimum Gasteiger partial charge on any atom is -0.396 e. The number of aliphatic hydroxyl groups is 1. The number of aliphatic hydroxyl groups excluding tert-OH is 1. The van der Waals surface area contributed by atoms with Crippen LogP contribution in [0.3, 0.4) is 0 Å². The lowest BCUT2D eigenvalue weighted by molar-refractivity contribution is 0.300. The van der Waals surface area contributed by atoms with Gasteiger partial charge in [0, 0.05) is 6.61 Å². The SMILES string of the molecule is C=C(/C=C\C=C(/N)Br)CCO. The van der Waals surface area contributed by atoms with Gasteiger partial charge < -0.3 is 10.8 Å². The van der Waals surface area contributed by atoms with Crippen LogP contribution < -0.4 is 5.73 Å². The standard InChI is InChI=1S/C8H12BrNO/c1-7(5-6-11)3-2-4-8(9)10/h2-4,11H,1,5-6,10H2/b3-2-,8-4-. The van der Waals surface area contributed by atoms with Gasteiger partial charge in [0.05, 0.1) is 4.61 Å². The molecule has 0 unspecified atom stereocenters. The van der Waals surface area contributed by atoms with E-state index in [9.17, 15) is 0 Å².